The Hall–Kier alpha value is -0.260. The van der Waals surface area contributed by atoms with Gasteiger partial charge in [-0.2, -0.15) is 0 Å². The average Bonchev–Trinajstić information content (AvgIpc) is 2.21. The fourth-order valence-electron chi connectivity index (χ4n) is 1.66. The lowest BCUT2D eigenvalue weighted by atomic mass is 10.0. The van der Waals surface area contributed by atoms with Crippen LogP contribution in [0.3, 0.4) is 0 Å². The predicted molar refractivity (Wildman–Crippen MR) is 65.3 cm³/mol. The van der Waals surface area contributed by atoms with Crippen LogP contribution in [0.4, 0.5) is 0 Å². The van der Waals surface area contributed by atoms with E-state index in [2.05, 4.69) is 13.8 Å². The van der Waals surface area contributed by atoms with Crippen LogP contribution in [0.15, 0.2) is 5.57 Å². The summed E-state index contributed by atoms with van der Waals surface area (Å²) in [6, 6.07) is 0. The quantitative estimate of drug-likeness (QED) is 0.416. The van der Waals surface area contributed by atoms with Crippen LogP contribution in [0, 0.1) is 6.58 Å². The molecule has 14 heavy (non-hydrogen) atoms. The van der Waals surface area contributed by atoms with Crippen LogP contribution in [0.5, 0.6) is 0 Å². The van der Waals surface area contributed by atoms with E-state index in [0.717, 1.165) is 12.8 Å². The first kappa shape index (κ1) is 13.7. The molecule has 0 fully saturated rings. The zero-order valence-electron chi connectivity index (χ0n) is 10.1. The van der Waals surface area contributed by atoms with Gasteiger partial charge in [0.15, 0.2) is 0 Å². The molecule has 0 unspecified atom stereocenters. The Morgan fingerprint density at radius 2 is 1.29 bits per heavy atom. The van der Waals surface area contributed by atoms with Gasteiger partial charge in [-0.05, 0) is 19.3 Å². The van der Waals surface area contributed by atoms with Crippen molar-refractivity contribution >= 4 is 0 Å². The molecule has 0 atom stereocenters. The summed E-state index contributed by atoms with van der Waals surface area (Å²) in [7, 11) is 0. The second kappa shape index (κ2) is 10.8. The topological polar surface area (TPSA) is 0 Å². The molecule has 0 N–H and O–H groups in total. The van der Waals surface area contributed by atoms with Crippen molar-refractivity contribution in [3.63, 3.8) is 0 Å². The Labute approximate surface area is 90.8 Å². The third-order valence-corrected chi connectivity index (χ3v) is 2.81. The standard InChI is InChI=1S/C14H27/c1-4-6-7-8-9-10-11-12-13-14(3)5-2/h3H,4-13H2,1-2H3. The van der Waals surface area contributed by atoms with Gasteiger partial charge in [0, 0.05) is 0 Å². The molecule has 0 aliphatic heterocycles. The SMILES string of the molecule is [CH]=C(CC)CCCCCCCCCC. The van der Waals surface area contributed by atoms with Crippen molar-refractivity contribution in [3.05, 3.63) is 12.2 Å². The van der Waals surface area contributed by atoms with E-state index in [1.807, 2.05) is 0 Å². The largest absolute Gasteiger partial charge is 0.0705 e. The normalized spacial score (nSPS) is 10.4. The van der Waals surface area contributed by atoms with Crippen LogP contribution in [-0.4, -0.2) is 0 Å². The fourth-order valence-corrected chi connectivity index (χ4v) is 1.66. The molecule has 0 bridgehead atoms. The van der Waals surface area contributed by atoms with E-state index in [1.54, 1.807) is 0 Å². The van der Waals surface area contributed by atoms with Gasteiger partial charge in [-0.3, -0.25) is 0 Å². The molecule has 0 aliphatic rings. The molecule has 0 saturated carbocycles. The summed E-state index contributed by atoms with van der Waals surface area (Å²) in [6.45, 7) is 10.2. The molecule has 0 aromatic rings. The summed E-state index contributed by atoms with van der Waals surface area (Å²) < 4.78 is 0. The maximum Gasteiger partial charge on any atom is -0.0317 e. The van der Waals surface area contributed by atoms with Gasteiger partial charge in [0.25, 0.3) is 0 Å². The molecule has 0 aliphatic carbocycles. The minimum atomic E-state index is 1.05. The van der Waals surface area contributed by atoms with Crippen LogP contribution in [0.2, 0.25) is 0 Å². The van der Waals surface area contributed by atoms with Crippen molar-refractivity contribution in [2.24, 2.45) is 0 Å². The van der Waals surface area contributed by atoms with Crippen LogP contribution in [-0.2, 0) is 0 Å². The Morgan fingerprint density at radius 3 is 1.79 bits per heavy atom. The van der Waals surface area contributed by atoms with E-state index >= 15 is 0 Å². The molecule has 1 radical (unpaired) electrons. The van der Waals surface area contributed by atoms with Crippen LogP contribution in [0.1, 0.15) is 78.1 Å². The van der Waals surface area contributed by atoms with E-state index in [-0.39, 0.29) is 0 Å². The highest BCUT2D eigenvalue weighted by atomic mass is 14.0. The van der Waals surface area contributed by atoms with E-state index in [0.29, 0.717) is 0 Å². The molecular weight excluding hydrogens is 168 g/mol. The maximum absolute atomic E-state index is 5.77. The number of allylic oxidation sites excluding steroid dienone is 1. The van der Waals surface area contributed by atoms with Crippen molar-refractivity contribution in [2.75, 3.05) is 0 Å². The third kappa shape index (κ3) is 9.83. The Balaban J connectivity index is 2.95. The molecule has 0 amide bonds. The number of rotatable bonds is 10. The van der Waals surface area contributed by atoms with Gasteiger partial charge in [-0.15, -0.1) is 0 Å². The summed E-state index contributed by atoms with van der Waals surface area (Å²) >= 11 is 0. The summed E-state index contributed by atoms with van der Waals surface area (Å²) in [5, 5.41) is 0. The van der Waals surface area contributed by atoms with E-state index in [9.17, 15) is 0 Å². The lowest BCUT2D eigenvalue weighted by molar-refractivity contribution is 0.573. The molecule has 0 heterocycles. The summed E-state index contributed by atoms with van der Waals surface area (Å²) in [5.41, 5.74) is 1.18. The second-order valence-electron chi connectivity index (χ2n) is 4.24. The van der Waals surface area contributed by atoms with Gasteiger partial charge in [0.05, 0.1) is 0 Å². The van der Waals surface area contributed by atoms with Gasteiger partial charge in [0.2, 0.25) is 0 Å². The molecule has 0 heteroatoms. The zero-order chi connectivity index (χ0) is 10.6. The first-order valence-electron chi connectivity index (χ1n) is 6.41. The summed E-state index contributed by atoms with van der Waals surface area (Å²) in [4.78, 5) is 0. The highest BCUT2D eigenvalue weighted by molar-refractivity contribution is 4.88. The van der Waals surface area contributed by atoms with Crippen molar-refractivity contribution in [1.29, 1.82) is 0 Å². The summed E-state index contributed by atoms with van der Waals surface area (Å²) in [6.07, 6.45) is 13.3. The third-order valence-electron chi connectivity index (χ3n) is 2.81. The highest BCUT2D eigenvalue weighted by Crippen LogP contribution is 2.13. The second-order valence-corrected chi connectivity index (χ2v) is 4.24. The molecule has 0 saturated heterocycles. The number of unbranched alkanes of at least 4 members (excludes halogenated alkanes) is 7. The van der Waals surface area contributed by atoms with E-state index in [1.165, 1.54) is 56.9 Å². The average molecular weight is 195 g/mol. The molecule has 0 rings (SSSR count). The molecule has 0 aromatic heterocycles. The fraction of sp³-hybridized carbons (Fsp3) is 0.857. The van der Waals surface area contributed by atoms with Gasteiger partial charge >= 0.3 is 0 Å². The predicted octanol–water partition coefficient (Wildman–Crippen LogP) is 5.29. The molecular formula is C14H27. The minimum Gasteiger partial charge on any atom is -0.0705 e. The molecule has 83 valence electrons. The Kier molecular flexibility index (Phi) is 10.6. The summed E-state index contributed by atoms with van der Waals surface area (Å²) in [5.74, 6) is 0. The van der Waals surface area contributed by atoms with Crippen molar-refractivity contribution in [1.82, 2.24) is 0 Å². The van der Waals surface area contributed by atoms with Crippen molar-refractivity contribution in [3.8, 4) is 0 Å². The van der Waals surface area contributed by atoms with Crippen LogP contribution < -0.4 is 0 Å². The Morgan fingerprint density at radius 1 is 0.786 bits per heavy atom. The van der Waals surface area contributed by atoms with Crippen LogP contribution >= 0.6 is 0 Å². The maximum atomic E-state index is 5.77. The molecule has 0 spiro atoms. The van der Waals surface area contributed by atoms with E-state index < -0.39 is 0 Å². The highest BCUT2D eigenvalue weighted by Gasteiger charge is 1.93. The molecule has 0 aromatic carbocycles. The minimum absolute atomic E-state index is 1.05. The van der Waals surface area contributed by atoms with Crippen molar-refractivity contribution in [2.45, 2.75) is 78.1 Å². The van der Waals surface area contributed by atoms with Gasteiger partial charge in [0.1, 0.15) is 0 Å². The first-order chi connectivity index (χ1) is 6.81. The van der Waals surface area contributed by atoms with Crippen molar-refractivity contribution < 1.29 is 0 Å². The first-order valence-corrected chi connectivity index (χ1v) is 6.41. The number of hydrogen-bond acceptors (Lipinski definition) is 0. The van der Waals surface area contributed by atoms with Gasteiger partial charge in [-0.25, -0.2) is 0 Å². The van der Waals surface area contributed by atoms with Crippen LogP contribution in [0.25, 0.3) is 0 Å². The van der Waals surface area contributed by atoms with Gasteiger partial charge < -0.3 is 0 Å². The zero-order valence-corrected chi connectivity index (χ0v) is 10.1. The monoisotopic (exact) mass is 195 g/mol. The van der Waals surface area contributed by atoms with E-state index in [4.69, 9.17) is 6.58 Å². The lowest BCUT2D eigenvalue weighted by Crippen LogP contribution is -1.83. The number of hydrogen-bond donors (Lipinski definition) is 0. The molecule has 0 nitrogen and oxygen atoms in total. The smallest absolute Gasteiger partial charge is 0.0317 e. The van der Waals surface area contributed by atoms with Gasteiger partial charge in [-0.1, -0.05) is 70.9 Å². The lowest BCUT2D eigenvalue weighted by Gasteiger charge is -2.02. The Bertz CT molecular complexity index is 124.